The molecule has 0 unspecified atom stereocenters. The van der Waals surface area contributed by atoms with Gasteiger partial charge in [0, 0.05) is 22.3 Å². The maximum absolute atomic E-state index is 6.07. The molecule has 0 bridgehead atoms. The molecule has 8 heteroatoms. The second-order valence-corrected chi connectivity index (χ2v) is 5.84. The molecule has 0 atom stereocenters. The first-order valence-electron chi connectivity index (χ1n) is 7.31. The minimum atomic E-state index is 0.252. The highest BCUT2D eigenvalue weighted by Crippen LogP contribution is 2.18. The fourth-order valence-corrected chi connectivity index (χ4v) is 2.40. The Bertz CT molecular complexity index is 917. The maximum Gasteiger partial charge on any atom is 0.246 e. The Morgan fingerprint density at radius 3 is 2.64 bits per heavy atom. The summed E-state index contributed by atoms with van der Waals surface area (Å²) in [4.78, 5) is 8.39. The van der Waals surface area contributed by atoms with Crippen LogP contribution in [-0.2, 0) is 0 Å². The van der Waals surface area contributed by atoms with Crippen molar-refractivity contribution in [2.24, 2.45) is 5.10 Å². The molecule has 0 spiro atoms. The summed E-state index contributed by atoms with van der Waals surface area (Å²) in [5, 5.41) is 8.08. The molecular weight excluding hydrogens is 356 g/mol. The van der Waals surface area contributed by atoms with Crippen LogP contribution in [0.25, 0.3) is 0 Å². The number of nitrogens with zero attached hydrogens (tertiary/aromatic N) is 3. The van der Waals surface area contributed by atoms with Crippen LogP contribution >= 0.6 is 23.2 Å². The fourth-order valence-electron chi connectivity index (χ4n) is 2.04. The zero-order valence-electron chi connectivity index (χ0n) is 12.9. The molecule has 0 aliphatic carbocycles. The molecule has 0 saturated carbocycles. The van der Waals surface area contributed by atoms with E-state index in [1.807, 2.05) is 30.3 Å². The van der Waals surface area contributed by atoms with Gasteiger partial charge in [-0.2, -0.15) is 15.1 Å². The van der Waals surface area contributed by atoms with E-state index < -0.39 is 0 Å². The number of halogens is 2. The van der Waals surface area contributed by atoms with Crippen molar-refractivity contribution in [2.45, 2.75) is 0 Å². The smallest absolute Gasteiger partial charge is 0.246 e. The Hall–Kier alpha value is -2.57. The van der Waals surface area contributed by atoms with Crippen LogP contribution in [0.15, 0.2) is 59.7 Å². The topological polar surface area (TPSA) is 62.2 Å². The molecule has 3 rings (SSSR count). The van der Waals surface area contributed by atoms with Gasteiger partial charge in [-0.05, 0) is 18.2 Å². The molecule has 2 aromatic carbocycles. The highest BCUT2D eigenvalue weighted by molar-refractivity contribution is 6.33. The van der Waals surface area contributed by atoms with Crippen molar-refractivity contribution >= 4 is 60.2 Å². The standard InChI is InChI=1S/C17H12BCl2N5/c18-12-5-3-6-13(8-12)22-16-9-15(20)23-17(24-16)25-21-10-11-4-1-2-7-14(11)19/h1-10H,(H2,22,23,24,25)/b21-10+. The fraction of sp³-hybridized carbons (Fsp3) is 0. The lowest BCUT2D eigenvalue weighted by molar-refractivity contribution is 1.12. The first kappa shape index (κ1) is 17.3. The van der Waals surface area contributed by atoms with Gasteiger partial charge < -0.3 is 5.32 Å². The summed E-state index contributed by atoms with van der Waals surface area (Å²) in [5.74, 6) is 0.767. The number of nitrogens with one attached hydrogen (secondary N) is 2. The van der Waals surface area contributed by atoms with E-state index in [0.29, 0.717) is 16.3 Å². The lowest BCUT2D eigenvalue weighted by Gasteiger charge is -2.08. The van der Waals surface area contributed by atoms with Crippen LogP contribution in [0.2, 0.25) is 10.2 Å². The lowest BCUT2D eigenvalue weighted by Crippen LogP contribution is -2.04. The van der Waals surface area contributed by atoms with Gasteiger partial charge in [0.2, 0.25) is 5.95 Å². The zero-order valence-corrected chi connectivity index (χ0v) is 14.5. The molecule has 5 nitrogen and oxygen atoms in total. The number of hydrogen-bond donors (Lipinski definition) is 2. The predicted octanol–water partition coefficient (Wildman–Crippen LogP) is 3.77. The zero-order chi connectivity index (χ0) is 17.6. The number of rotatable bonds is 5. The van der Waals surface area contributed by atoms with Crippen molar-refractivity contribution in [1.29, 1.82) is 0 Å². The molecule has 0 fully saturated rings. The van der Waals surface area contributed by atoms with Crippen molar-refractivity contribution in [1.82, 2.24) is 9.97 Å². The third-order valence-corrected chi connectivity index (χ3v) is 3.67. The van der Waals surface area contributed by atoms with Crippen LogP contribution in [0, 0.1) is 0 Å². The highest BCUT2D eigenvalue weighted by atomic mass is 35.5. The van der Waals surface area contributed by atoms with Gasteiger partial charge in [-0.15, -0.1) is 0 Å². The average molecular weight is 368 g/mol. The molecule has 0 aliphatic rings. The van der Waals surface area contributed by atoms with Crippen LogP contribution < -0.4 is 16.2 Å². The predicted molar refractivity (Wildman–Crippen MR) is 105 cm³/mol. The summed E-state index contributed by atoms with van der Waals surface area (Å²) < 4.78 is 0. The van der Waals surface area contributed by atoms with E-state index in [-0.39, 0.29) is 11.1 Å². The highest BCUT2D eigenvalue weighted by Gasteiger charge is 2.03. The van der Waals surface area contributed by atoms with Gasteiger partial charge >= 0.3 is 0 Å². The van der Waals surface area contributed by atoms with Gasteiger partial charge in [0.05, 0.1) is 6.21 Å². The van der Waals surface area contributed by atoms with E-state index in [2.05, 4.69) is 25.8 Å². The molecule has 0 saturated heterocycles. The molecule has 0 amide bonds. The van der Waals surface area contributed by atoms with Gasteiger partial charge in [-0.3, -0.25) is 0 Å². The average Bonchev–Trinajstić information content (AvgIpc) is 2.56. The van der Waals surface area contributed by atoms with Crippen LogP contribution in [0.5, 0.6) is 0 Å². The third kappa shape index (κ3) is 4.95. The normalized spacial score (nSPS) is 10.8. The molecule has 1 heterocycles. The van der Waals surface area contributed by atoms with E-state index in [1.54, 1.807) is 30.5 Å². The summed E-state index contributed by atoms with van der Waals surface area (Å²) in [7, 11) is 5.76. The number of hydrazone groups is 1. The Balaban J connectivity index is 1.74. The monoisotopic (exact) mass is 367 g/mol. The van der Waals surface area contributed by atoms with Crippen molar-refractivity contribution < 1.29 is 0 Å². The third-order valence-electron chi connectivity index (χ3n) is 3.13. The van der Waals surface area contributed by atoms with Gasteiger partial charge in [-0.25, -0.2) is 5.43 Å². The van der Waals surface area contributed by atoms with Crippen LogP contribution in [0.3, 0.4) is 0 Å². The Morgan fingerprint density at radius 2 is 1.84 bits per heavy atom. The molecule has 0 aliphatic heterocycles. The van der Waals surface area contributed by atoms with Gasteiger partial charge in [-0.1, -0.05) is 59.0 Å². The van der Waals surface area contributed by atoms with Crippen LogP contribution in [-0.4, -0.2) is 24.0 Å². The van der Waals surface area contributed by atoms with E-state index in [1.165, 1.54) is 0 Å². The first-order valence-corrected chi connectivity index (χ1v) is 8.06. The summed E-state index contributed by atoms with van der Waals surface area (Å²) in [6.07, 6.45) is 1.58. The molecule has 1 aromatic heterocycles. The van der Waals surface area contributed by atoms with Gasteiger partial charge in [0.1, 0.15) is 18.8 Å². The Labute approximate surface area is 156 Å². The van der Waals surface area contributed by atoms with Gasteiger partial charge in [0.15, 0.2) is 0 Å². The summed E-state index contributed by atoms with van der Waals surface area (Å²) >= 11 is 12.1. The molecule has 2 radical (unpaired) electrons. The minimum Gasteiger partial charge on any atom is -0.340 e. The Morgan fingerprint density at radius 1 is 1.00 bits per heavy atom. The number of benzene rings is 2. The van der Waals surface area contributed by atoms with Crippen LogP contribution in [0.4, 0.5) is 17.5 Å². The summed E-state index contributed by atoms with van der Waals surface area (Å²) in [6, 6.07) is 16.3. The van der Waals surface area contributed by atoms with Crippen molar-refractivity contribution in [3.8, 4) is 0 Å². The molecule has 25 heavy (non-hydrogen) atoms. The molecule has 3 aromatic rings. The van der Waals surface area contributed by atoms with E-state index in [4.69, 9.17) is 31.0 Å². The van der Waals surface area contributed by atoms with Crippen LogP contribution in [0.1, 0.15) is 5.56 Å². The number of hydrogen-bond acceptors (Lipinski definition) is 5. The van der Waals surface area contributed by atoms with E-state index >= 15 is 0 Å². The summed E-state index contributed by atoms with van der Waals surface area (Å²) in [5.41, 5.74) is 4.95. The SMILES string of the molecule is [B]c1cccc(Nc2cc(Cl)nc(N/N=C/c3ccccc3Cl)n2)c1. The number of anilines is 3. The van der Waals surface area contributed by atoms with Crippen molar-refractivity contribution in [2.75, 3.05) is 10.7 Å². The molecular formula is C17H12BCl2N5. The lowest BCUT2D eigenvalue weighted by atomic mass is 9.96. The maximum atomic E-state index is 6.07. The van der Waals surface area contributed by atoms with Crippen molar-refractivity contribution in [3.63, 3.8) is 0 Å². The summed E-state index contributed by atoms with van der Waals surface area (Å²) in [6.45, 7) is 0. The van der Waals surface area contributed by atoms with Crippen molar-refractivity contribution in [3.05, 3.63) is 70.3 Å². The molecule has 2 N–H and O–H groups in total. The van der Waals surface area contributed by atoms with E-state index in [0.717, 1.165) is 11.3 Å². The largest absolute Gasteiger partial charge is 0.340 e. The molecule has 122 valence electrons. The quantitative estimate of drug-likeness (QED) is 0.312. The van der Waals surface area contributed by atoms with Gasteiger partial charge in [0.25, 0.3) is 0 Å². The number of aromatic nitrogens is 2. The first-order chi connectivity index (χ1) is 12.1. The minimum absolute atomic E-state index is 0.252. The Kier molecular flexibility index (Phi) is 5.53. The second-order valence-electron chi connectivity index (χ2n) is 5.04. The van der Waals surface area contributed by atoms with E-state index in [9.17, 15) is 0 Å². The second kappa shape index (κ2) is 8.01.